The van der Waals surface area contributed by atoms with Crippen LogP contribution in [-0.4, -0.2) is 70.3 Å². The van der Waals surface area contributed by atoms with Crippen molar-refractivity contribution in [1.29, 1.82) is 0 Å². The first-order chi connectivity index (χ1) is 14.8. The van der Waals surface area contributed by atoms with E-state index in [1.165, 1.54) is 18.2 Å². The number of carbonyl (C=O) groups is 1. The van der Waals surface area contributed by atoms with E-state index in [1.54, 1.807) is 4.72 Å². The standard InChI is InChI=1S/C18H19F2N3O7S2/c1-31(26,27)22-5-4-18(20,9-22)10-30-12-3-2-11-6-14(24)17(16(19)13(11)7-12)23-8-15(25)21-32(23,28)29/h2-3,6-7,24H,4-5,8-10H2,1H3,(H,21,25). The lowest BCUT2D eigenvalue weighted by Gasteiger charge is -2.21. The van der Waals surface area contributed by atoms with Gasteiger partial charge in [0, 0.05) is 11.9 Å². The smallest absolute Gasteiger partial charge is 0.326 e. The number of aromatic hydroxyl groups is 1. The quantitative estimate of drug-likeness (QED) is 0.626. The highest BCUT2D eigenvalue weighted by Gasteiger charge is 2.42. The summed E-state index contributed by atoms with van der Waals surface area (Å²) in [5.74, 6) is -2.61. The summed E-state index contributed by atoms with van der Waals surface area (Å²) in [4.78, 5) is 11.5. The summed E-state index contributed by atoms with van der Waals surface area (Å²) in [5.41, 5.74) is -2.62. The molecule has 0 aliphatic carbocycles. The maximum atomic E-state index is 15.2. The predicted molar refractivity (Wildman–Crippen MR) is 110 cm³/mol. The average molecular weight is 491 g/mol. The highest BCUT2D eigenvalue weighted by Crippen LogP contribution is 2.39. The second-order valence-corrected chi connectivity index (χ2v) is 11.3. The van der Waals surface area contributed by atoms with Gasteiger partial charge in [-0.25, -0.2) is 26.2 Å². The fourth-order valence-corrected chi connectivity index (χ4v) is 5.75. The molecule has 2 aromatic carbocycles. The molecule has 1 atom stereocenters. The van der Waals surface area contributed by atoms with E-state index in [0.29, 0.717) is 4.31 Å². The number of ether oxygens (including phenoxy) is 1. The topological polar surface area (TPSA) is 133 Å². The van der Waals surface area contributed by atoms with E-state index in [-0.39, 0.29) is 36.0 Å². The Morgan fingerprint density at radius 1 is 1.31 bits per heavy atom. The number of carbonyl (C=O) groups excluding carboxylic acids is 1. The summed E-state index contributed by atoms with van der Waals surface area (Å²) in [7, 11) is -7.90. The molecule has 2 saturated heterocycles. The number of hydrogen-bond acceptors (Lipinski definition) is 7. The van der Waals surface area contributed by atoms with E-state index in [9.17, 15) is 31.1 Å². The molecule has 10 nitrogen and oxygen atoms in total. The molecule has 0 aromatic heterocycles. The molecular weight excluding hydrogens is 472 g/mol. The van der Waals surface area contributed by atoms with Crippen molar-refractivity contribution in [3.8, 4) is 11.5 Å². The van der Waals surface area contributed by atoms with E-state index >= 15 is 4.39 Å². The third-order valence-electron chi connectivity index (χ3n) is 5.31. The van der Waals surface area contributed by atoms with Crippen LogP contribution < -0.4 is 13.8 Å². The van der Waals surface area contributed by atoms with Crippen molar-refractivity contribution < 1.29 is 40.3 Å². The third kappa shape index (κ3) is 4.04. The molecule has 2 aliphatic rings. The molecule has 1 amide bonds. The van der Waals surface area contributed by atoms with E-state index in [4.69, 9.17) is 4.74 Å². The van der Waals surface area contributed by atoms with Crippen LogP contribution in [0.25, 0.3) is 10.8 Å². The summed E-state index contributed by atoms with van der Waals surface area (Å²) < 4.78 is 86.1. The van der Waals surface area contributed by atoms with Crippen LogP contribution in [0.4, 0.5) is 14.5 Å². The Kier molecular flexibility index (Phi) is 5.21. The highest BCUT2D eigenvalue weighted by atomic mass is 32.2. The van der Waals surface area contributed by atoms with Gasteiger partial charge in [-0.3, -0.25) is 4.79 Å². The summed E-state index contributed by atoms with van der Waals surface area (Å²) >= 11 is 0. The summed E-state index contributed by atoms with van der Waals surface area (Å²) in [6, 6.07) is 5.14. The number of anilines is 1. The van der Waals surface area contributed by atoms with Crippen molar-refractivity contribution in [1.82, 2.24) is 9.03 Å². The van der Waals surface area contributed by atoms with Gasteiger partial charge in [0.25, 0.3) is 5.91 Å². The molecule has 1 unspecified atom stereocenters. The molecule has 0 spiro atoms. The van der Waals surface area contributed by atoms with Gasteiger partial charge in [-0.05, 0) is 30.0 Å². The van der Waals surface area contributed by atoms with E-state index in [2.05, 4.69) is 0 Å². The molecule has 2 aromatic rings. The highest BCUT2D eigenvalue weighted by molar-refractivity contribution is 7.92. The van der Waals surface area contributed by atoms with Crippen molar-refractivity contribution in [3.63, 3.8) is 0 Å². The monoisotopic (exact) mass is 491 g/mol. The number of sulfonamides is 1. The van der Waals surface area contributed by atoms with Gasteiger partial charge in [0.1, 0.15) is 30.3 Å². The Morgan fingerprint density at radius 2 is 2.03 bits per heavy atom. The third-order valence-corrected chi connectivity index (χ3v) is 7.94. The number of hydrogen-bond donors (Lipinski definition) is 2. The van der Waals surface area contributed by atoms with Crippen LogP contribution in [0.2, 0.25) is 0 Å². The van der Waals surface area contributed by atoms with Crippen molar-refractivity contribution in [2.75, 3.05) is 36.8 Å². The normalized spacial score (nSPS) is 23.6. The minimum Gasteiger partial charge on any atom is -0.506 e. The van der Waals surface area contributed by atoms with Gasteiger partial charge >= 0.3 is 10.2 Å². The summed E-state index contributed by atoms with van der Waals surface area (Å²) in [5, 5.41) is 10.3. The van der Waals surface area contributed by atoms with Crippen molar-refractivity contribution >= 4 is 42.6 Å². The molecule has 0 radical (unpaired) electrons. The van der Waals surface area contributed by atoms with Gasteiger partial charge < -0.3 is 9.84 Å². The first-order valence-corrected chi connectivity index (χ1v) is 12.6. The van der Waals surface area contributed by atoms with E-state index in [1.807, 2.05) is 0 Å². The Labute approximate surface area is 182 Å². The zero-order valence-corrected chi connectivity index (χ0v) is 18.3. The molecule has 4 rings (SSSR count). The minimum absolute atomic E-state index is 0.0186. The van der Waals surface area contributed by atoms with Crippen LogP contribution in [0.3, 0.4) is 0 Å². The molecule has 14 heteroatoms. The number of rotatable bonds is 5. The van der Waals surface area contributed by atoms with Gasteiger partial charge in [0.15, 0.2) is 11.5 Å². The van der Waals surface area contributed by atoms with Gasteiger partial charge in [0.05, 0.1) is 12.8 Å². The van der Waals surface area contributed by atoms with Gasteiger partial charge in [-0.2, -0.15) is 12.7 Å². The number of halogens is 2. The second-order valence-electron chi connectivity index (χ2n) is 7.76. The van der Waals surface area contributed by atoms with Crippen LogP contribution in [-0.2, 0) is 25.0 Å². The Bertz CT molecular complexity index is 1330. The Morgan fingerprint density at radius 3 is 2.62 bits per heavy atom. The first kappa shape index (κ1) is 22.5. The number of fused-ring (bicyclic) bond motifs is 1. The number of alkyl halides is 1. The first-order valence-electron chi connectivity index (χ1n) is 9.34. The summed E-state index contributed by atoms with van der Waals surface area (Å²) in [6.45, 7) is -1.52. The van der Waals surface area contributed by atoms with Crippen molar-refractivity contribution in [2.45, 2.75) is 12.1 Å². The van der Waals surface area contributed by atoms with Crippen molar-refractivity contribution in [3.05, 3.63) is 30.1 Å². The van der Waals surface area contributed by atoms with Crippen LogP contribution in [0.5, 0.6) is 11.5 Å². The number of amides is 1. The fourth-order valence-electron chi connectivity index (χ4n) is 3.69. The maximum Gasteiger partial charge on any atom is 0.326 e. The predicted octanol–water partition coefficient (Wildman–Crippen LogP) is 0.618. The zero-order chi connectivity index (χ0) is 23.5. The van der Waals surface area contributed by atoms with Crippen LogP contribution >= 0.6 is 0 Å². The van der Waals surface area contributed by atoms with Gasteiger partial charge in [0.2, 0.25) is 10.0 Å². The lowest BCUT2D eigenvalue weighted by atomic mass is 10.1. The van der Waals surface area contributed by atoms with Gasteiger partial charge in [-0.15, -0.1) is 0 Å². The Hall–Kier alpha value is -2.71. The molecule has 174 valence electrons. The maximum absolute atomic E-state index is 15.2. The number of phenols is 1. The zero-order valence-electron chi connectivity index (χ0n) is 16.7. The number of nitrogens with one attached hydrogen (secondary N) is 1. The van der Waals surface area contributed by atoms with Crippen LogP contribution in [0, 0.1) is 5.82 Å². The van der Waals surface area contributed by atoms with Crippen LogP contribution in [0.1, 0.15) is 6.42 Å². The number of phenolic OH excluding ortho intramolecular Hbond substituents is 1. The fraction of sp³-hybridized carbons (Fsp3) is 0.389. The van der Waals surface area contributed by atoms with E-state index in [0.717, 1.165) is 16.6 Å². The number of nitrogens with zero attached hydrogens (tertiary/aromatic N) is 2. The minimum atomic E-state index is -4.36. The Balaban J connectivity index is 1.62. The summed E-state index contributed by atoms with van der Waals surface area (Å²) in [6.07, 6.45) is 0.927. The molecule has 2 N–H and O–H groups in total. The van der Waals surface area contributed by atoms with Crippen molar-refractivity contribution in [2.24, 2.45) is 0 Å². The lowest BCUT2D eigenvalue weighted by Crippen LogP contribution is -2.36. The molecule has 0 saturated carbocycles. The molecule has 2 heterocycles. The number of benzene rings is 2. The largest absolute Gasteiger partial charge is 0.506 e. The van der Waals surface area contributed by atoms with Crippen LogP contribution in [0.15, 0.2) is 24.3 Å². The van der Waals surface area contributed by atoms with Gasteiger partial charge in [-0.1, -0.05) is 6.07 Å². The molecule has 2 aliphatic heterocycles. The van der Waals surface area contributed by atoms with E-state index < -0.39 is 62.2 Å². The lowest BCUT2D eigenvalue weighted by molar-refractivity contribution is -0.117. The SMILES string of the molecule is CS(=O)(=O)N1CCC(F)(COc2ccc3cc(O)c(N4CC(=O)NS4(=O)=O)c(F)c3c2)C1. The molecular formula is C18H19F2N3O7S2. The molecule has 0 bridgehead atoms. The molecule has 2 fully saturated rings. The molecule has 32 heavy (non-hydrogen) atoms. The average Bonchev–Trinajstić information content (AvgIpc) is 3.20. The second kappa shape index (κ2) is 7.42.